The van der Waals surface area contributed by atoms with E-state index in [1.807, 2.05) is 0 Å². The average Bonchev–Trinajstić information content (AvgIpc) is 1.94. The summed E-state index contributed by atoms with van der Waals surface area (Å²) in [6.45, 7) is 0. The van der Waals surface area contributed by atoms with Gasteiger partial charge in [0.2, 0.25) is 0 Å². The molecule has 0 saturated heterocycles. The van der Waals surface area contributed by atoms with Crippen molar-refractivity contribution in [1.82, 2.24) is 0 Å². The van der Waals surface area contributed by atoms with Gasteiger partial charge in [-0.05, 0) is 12.1 Å². The lowest BCUT2D eigenvalue weighted by Gasteiger charge is -2.02. The molecule has 4 heteroatoms. The number of nitrogen functional groups attached to an aromatic ring is 1. The van der Waals surface area contributed by atoms with Gasteiger partial charge in [-0.15, -0.1) is 0 Å². The Bertz CT molecular complexity index is 217. The summed E-state index contributed by atoms with van der Waals surface area (Å²) in [4.78, 5) is 0. The zero-order valence-electron chi connectivity index (χ0n) is 5.32. The SMILES string of the molecule is Nc1ccccc1O[B]O. The lowest BCUT2D eigenvalue weighted by molar-refractivity contribution is 0.455. The second-order valence-corrected chi connectivity index (χ2v) is 1.76. The molecule has 0 spiro atoms. The quantitative estimate of drug-likeness (QED) is 0.450. The van der Waals surface area contributed by atoms with Crippen molar-refractivity contribution >= 4 is 13.4 Å². The zero-order valence-corrected chi connectivity index (χ0v) is 5.32. The van der Waals surface area contributed by atoms with E-state index in [-0.39, 0.29) is 0 Å². The molecule has 0 aliphatic heterocycles. The van der Waals surface area contributed by atoms with E-state index in [9.17, 15) is 0 Å². The Kier molecular flexibility index (Phi) is 2.17. The van der Waals surface area contributed by atoms with E-state index in [0.717, 1.165) is 0 Å². The van der Waals surface area contributed by atoms with Crippen molar-refractivity contribution < 1.29 is 9.68 Å². The van der Waals surface area contributed by atoms with Crippen molar-refractivity contribution in [1.29, 1.82) is 0 Å². The van der Waals surface area contributed by atoms with E-state index in [1.165, 1.54) is 0 Å². The lowest BCUT2D eigenvalue weighted by atomic mass is 10.3. The monoisotopic (exact) mass is 136 g/mol. The van der Waals surface area contributed by atoms with Gasteiger partial charge in [-0.1, -0.05) is 12.1 Å². The van der Waals surface area contributed by atoms with Gasteiger partial charge >= 0.3 is 7.69 Å². The number of hydrogen-bond donors (Lipinski definition) is 2. The Balaban J connectivity index is 2.81. The Morgan fingerprint density at radius 1 is 1.40 bits per heavy atom. The molecular weight excluding hydrogens is 129 g/mol. The van der Waals surface area contributed by atoms with Crippen molar-refractivity contribution in [2.45, 2.75) is 0 Å². The smallest absolute Gasteiger partial charge is 0.536 e. The van der Waals surface area contributed by atoms with Crippen LogP contribution >= 0.6 is 0 Å². The fourth-order valence-electron chi connectivity index (χ4n) is 0.645. The first-order valence-corrected chi connectivity index (χ1v) is 2.81. The Morgan fingerprint density at radius 3 is 2.70 bits per heavy atom. The van der Waals surface area contributed by atoms with Crippen LogP contribution in [0.5, 0.6) is 5.75 Å². The molecule has 0 unspecified atom stereocenters. The molecule has 1 aromatic rings. The highest BCUT2D eigenvalue weighted by molar-refractivity contribution is 6.17. The van der Waals surface area contributed by atoms with Gasteiger partial charge in [0.15, 0.2) is 0 Å². The molecule has 0 atom stereocenters. The maximum atomic E-state index is 8.24. The molecule has 0 amide bonds. The number of rotatable bonds is 2. The van der Waals surface area contributed by atoms with E-state index >= 15 is 0 Å². The number of nitrogens with two attached hydrogens (primary N) is 1. The van der Waals surface area contributed by atoms with Crippen molar-refractivity contribution in [3.63, 3.8) is 0 Å². The van der Waals surface area contributed by atoms with E-state index < -0.39 is 0 Å². The van der Waals surface area contributed by atoms with Gasteiger partial charge in [0.25, 0.3) is 0 Å². The highest BCUT2D eigenvalue weighted by Crippen LogP contribution is 2.18. The highest BCUT2D eigenvalue weighted by Gasteiger charge is 1.96. The van der Waals surface area contributed by atoms with Crippen molar-refractivity contribution in [2.75, 3.05) is 5.73 Å². The molecule has 10 heavy (non-hydrogen) atoms. The summed E-state index contributed by atoms with van der Waals surface area (Å²) in [5.41, 5.74) is 5.96. The van der Waals surface area contributed by atoms with E-state index in [2.05, 4.69) is 4.65 Å². The van der Waals surface area contributed by atoms with Crippen LogP contribution in [0, 0.1) is 0 Å². The van der Waals surface area contributed by atoms with Crippen molar-refractivity contribution in [3.05, 3.63) is 24.3 Å². The molecule has 3 N–H and O–H groups in total. The average molecular weight is 136 g/mol. The third kappa shape index (κ3) is 1.42. The summed E-state index contributed by atoms with van der Waals surface area (Å²) in [5, 5.41) is 8.24. The lowest BCUT2D eigenvalue weighted by Crippen LogP contribution is -2.01. The summed E-state index contributed by atoms with van der Waals surface area (Å²) >= 11 is 0. The molecule has 0 aliphatic carbocycles. The van der Waals surface area contributed by atoms with Crippen LogP contribution < -0.4 is 10.4 Å². The number of anilines is 1. The van der Waals surface area contributed by atoms with Crippen LogP contribution in [0.1, 0.15) is 0 Å². The second kappa shape index (κ2) is 3.13. The molecular formula is C6H7BNO2. The molecule has 1 aromatic carbocycles. The summed E-state index contributed by atoms with van der Waals surface area (Å²) in [7, 11) is 0.603. The van der Waals surface area contributed by atoms with Gasteiger partial charge < -0.3 is 15.4 Å². The van der Waals surface area contributed by atoms with Crippen molar-refractivity contribution in [2.24, 2.45) is 0 Å². The predicted molar refractivity (Wildman–Crippen MR) is 39.5 cm³/mol. The molecule has 0 saturated carbocycles. The predicted octanol–water partition coefficient (Wildman–Crippen LogP) is 0.174. The molecule has 0 aromatic heterocycles. The van der Waals surface area contributed by atoms with Crippen LogP contribution in [-0.4, -0.2) is 12.7 Å². The van der Waals surface area contributed by atoms with Crippen LogP contribution in [0.15, 0.2) is 24.3 Å². The van der Waals surface area contributed by atoms with Gasteiger partial charge in [0, 0.05) is 0 Å². The second-order valence-electron chi connectivity index (χ2n) is 1.76. The molecule has 1 rings (SSSR count). The van der Waals surface area contributed by atoms with E-state index in [4.69, 9.17) is 10.8 Å². The number of benzene rings is 1. The maximum Gasteiger partial charge on any atom is 0.569 e. The minimum atomic E-state index is 0.463. The summed E-state index contributed by atoms with van der Waals surface area (Å²) in [6, 6.07) is 6.93. The van der Waals surface area contributed by atoms with Crippen molar-refractivity contribution in [3.8, 4) is 5.75 Å². The maximum absolute atomic E-state index is 8.24. The standard InChI is InChI=1S/C6H7BNO2/c8-5-3-1-2-4-6(5)10-7-9/h1-4,9H,8H2. The van der Waals surface area contributed by atoms with Gasteiger partial charge in [-0.2, -0.15) is 0 Å². The summed E-state index contributed by atoms with van der Waals surface area (Å²) < 4.78 is 4.64. The normalized spacial score (nSPS) is 8.90. The van der Waals surface area contributed by atoms with Gasteiger partial charge in [-0.25, -0.2) is 0 Å². The first-order chi connectivity index (χ1) is 4.84. The van der Waals surface area contributed by atoms with Crippen LogP contribution in [-0.2, 0) is 0 Å². The van der Waals surface area contributed by atoms with Crippen LogP contribution in [0.4, 0.5) is 5.69 Å². The Morgan fingerprint density at radius 2 is 2.10 bits per heavy atom. The van der Waals surface area contributed by atoms with Crippen LogP contribution in [0.2, 0.25) is 0 Å². The van der Waals surface area contributed by atoms with Crippen LogP contribution in [0.25, 0.3) is 0 Å². The molecule has 1 radical (unpaired) electrons. The molecule has 0 bridgehead atoms. The van der Waals surface area contributed by atoms with E-state index in [1.54, 1.807) is 24.3 Å². The number of hydrogen-bond acceptors (Lipinski definition) is 3. The molecule has 0 heterocycles. The molecule has 0 fully saturated rings. The third-order valence-corrected chi connectivity index (χ3v) is 1.10. The first kappa shape index (κ1) is 6.96. The van der Waals surface area contributed by atoms with E-state index in [0.29, 0.717) is 19.1 Å². The Labute approximate surface area is 59.7 Å². The highest BCUT2D eigenvalue weighted by atomic mass is 16.5. The largest absolute Gasteiger partial charge is 0.569 e. The fraction of sp³-hybridized carbons (Fsp3) is 0. The fourth-order valence-corrected chi connectivity index (χ4v) is 0.645. The van der Waals surface area contributed by atoms with Crippen LogP contribution in [0.3, 0.4) is 0 Å². The van der Waals surface area contributed by atoms with Gasteiger partial charge in [0.1, 0.15) is 5.75 Å². The first-order valence-electron chi connectivity index (χ1n) is 2.81. The van der Waals surface area contributed by atoms with Gasteiger partial charge in [-0.3, -0.25) is 0 Å². The summed E-state index contributed by atoms with van der Waals surface area (Å²) in [5.74, 6) is 0.463. The Hall–Kier alpha value is -1.16. The topological polar surface area (TPSA) is 55.5 Å². The zero-order chi connectivity index (χ0) is 7.40. The van der Waals surface area contributed by atoms with Gasteiger partial charge in [0.05, 0.1) is 5.69 Å². The molecule has 51 valence electrons. The number of para-hydroxylation sites is 2. The molecule has 3 nitrogen and oxygen atoms in total. The minimum absolute atomic E-state index is 0.463. The molecule has 0 aliphatic rings. The summed E-state index contributed by atoms with van der Waals surface area (Å²) in [6.07, 6.45) is 0. The third-order valence-electron chi connectivity index (χ3n) is 1.10. The minimum Gasteiger partial charge on any atom is -0.536 e.